The van der Waals surface area contributed by atoms with Gasteiger partial charge in [-0.25, -0.2) is 0 Å². The Morgan fingerprint density at radius 1 is 1.18 bits per heavy atom. The second kappa shape index (κ2) is 6.59. The zero-order valence-electron chi connectivity index (χ0n) is 12.9. The Kier molecular flexibility index (Phi) is 4.55. The van der Waals surface area contributed by atoms with Crippen molar-refractivity contribution < 1.29 is 9.47 Å². The molecule has 1 aliphatic rings. The number of hydrogen-bond acceptors (Lipinski definition) is 3. The molecular formula is C18H20ClNO2. The second-order valence-electron chi connectivity index (χ2n) is 5.29. The average Bonchev–Trinajstić information content (AvgIpc) is 2.54. The summed E-state index contributed by atoms with van der Waals surface area (Å²) in [5.74, 6) is 1.57. The van der Waals surface area contributed by atoms with Crippen LogP contribution in [0.15, 0.2) is 36.4 Å². The van der Waals surface area contributed by atoms with Crippen LogP contribution in [0.25, 0.3) is 0 Å². The maximum Gasteiger partial charge on any atom is 0.161 e. The molecule has 0 radical (unpaired) electrons. The molecule has 3 nitrogen and oxygen atoms in total. The second-order valence-corrected chi connectivity index (χ2v) is 5.70. The summed E-state index contributed by atoms with van der Waals surface area (Å²) in [7, 11) is 1.68. The highest BCUT2D eigenvalue weighted by Crippen LogP contribution is 2.39. The summed E-state index contributed by atoms with van der Waals surface area (Å²) in [6.45, 7) is 3.50. The number of hydrogen-bond donors (Lipinski definition) is 1. The molecule has 1 unspecified atom stereocenters. The fourth-order valence-corrected chi connectivity index (χ4v) is 3.22. The molecular weight excluding hydrogens is 298 g/mol. The largest absolute Gasteiger partial charge is 0.493 e. The Bertz CT molecular complexity index is 672. The zero-order valence-corrected chi connectivity index (χ0v) is 13.6. The van der Waals surface area contributed by atoms with Gasteiger partial charge in [0.05, 0.1) is 19.8 Å². The van der Waals surface area contributed by atoms with Crippen LogP contribution in [0.2, 0.25) is 5.02 Å². The van der Waals surface area contributed by atoms with E-state index < -0.39 is 0 Å². The van der Waals surface area contributed by atoms with Gasteiger partial charge in [0.25, 0.3) is 0 Å². The molecule has 2 aromatic carbocycles. The lowest BCUT2D eigenvalue weighted by Crippen LogP contribution is -2.30. The first-order chi connectivity index (χ1) is 10.7. The monoisotopic (exact) mass is 317 g/mol. The van der Waals surface area contributed by atoms with Gasteiger partial charge >= 0.3 is 0 Å². The van der Waals surface area contributed by atoms with Crippen molar-refractivity contribution in [2.75, 3.05) is 20.3 Å². The third-order valence-corrected chi connectivity index (χ3v) is 4.34. The van der Waals surface area contributed by atoms with Gasteiger partial charge in [-0.05, 0) is 48.2 Å². The van der Waals surface area contributed by atoms with Crippen molar-refractivity contribution >= 4 is 11.6 Å². The quantitative estimate of drug-likeness (QED) is 0.925. The van der Waals surface area contributed by atoms with E-state index in [1.807, 2.05) is 25.1 Å². The molecule has 0 amide bonds. The molecule has 2 aromatic rings. The van der Waals surface area contributed by atoms with Crippen molar-refractivity contribution in [2.45, 2.75) is 19.4 Å². The minimum Gasteiger partial charge on any atom is -0.493 e. The SMILES string of the molecule is CCOc1cc2c(cc1OC)CCNC2c1ccccc1Cl. The Morgan fingerprint density at radius 3 is 2.73 bits per heavy atom. The third-order valence-electron chi connectivity index (χ3n) is 4.00. The van der Waals surface area contributed by atoms with E-state index in [2.05, 4.69) is 23.5 Å². The lowest BCUT2D eigenvalue weighted by molar-refractivity contribution is 0.309. The Labute approximate surface area is 136 Å². The molecule has 3 rings (SSSR count). The van der Waals surface area contributed by atoms with E-state index in [0.717, 1.165) is 35.1 Å². The molecule has 0 aromatic heterocycles. The van der Waals surface area contributed by atoms with Crippen LogP contribution in [0.3, 0.4) is 0 Å². The van der Waals surface area contributed by atoms with Gasteiger partial charge in [0.2, 0.25) is 0 Å². The molecule has 1 heterocycles. The number of benzene rings is 2. The molecule has 1 N–H and O–H groups in total. The van der Waals surface area contributed by atoms with Crippen LogP contribution in [-0.2, 0) is 6.42 Å². The topological polar surface area (TPSA) is 30.5 Å². The van der Waals surface area contributed by atoms with Gasteiger partial charge in [0.15, 0.2) is 11.5 Å². The van der Waals surface area contributed by atoms with E-state index in [0.29, 0.717) is 6.61 Å². The van der Waals surface area contributed by atoms with Gasteiger partial charge in [0.1, 0.15) is 0 Å². The lowest BCUT2D eigenvalue weighted by atomic mass is 9.89. The van der Waals surface area contributed by atoms with Gasteiger partial charge < -0.3 is 14.8 Å². The third kappa shape index (κ3) is 2.79. The van der Waals surface area contributed by atoms with Crippen molar-refractivity contribution in [2.24, 2.45) is 0 Å². The van der Waals surface area contributed by atoms with Crippen molar-refractivity contribution in [3.05, 3.63) is 58.1 Å². The Balaban J connectivity index is 2.09. The Morgan fingerprint density at radius 2 is 2.00 bits per heavy atom. The van der Waals surface area contributed by atoms with Crippen LogP contribution in [0.4, 0.5) is 0 Å². The molecule has 1 aliphatic heterocycles. The number of ether oxygens (including phenoxy) is 2. The van der Waals surface area contributed by atoms with Crippen LogP contribution in [0.1, 0.15) is 29.7 Å². The van der Waals surface area contributed by atoms with Crippen LogP contribution < -0.4 is 14.8 Å². The first kappa shape index (κ1) is 15.2. The number of nitrogens with one attached hydrogen (secondary N) is 1. The van der Waals surface area contributed by atoms with Gasteiger partial charge in [-0.3, -0.25) is 0 Å². The molecule has 116 valence electrons. The smallest absolute Gasteiger partial charge is 0.161 e. The van der Waals surface area contributed by atoms with Crippen LogP contribution in [0.5, 0.6) is 11.5 Å². The molecule has 0 fully saturated rings. The molecule has 0 spiro atoms. The summed E-state index contributed by atoms with van der Waals surface area (Å²) in [6, 6.07) is 12.2. The van der Waals surface area contributed by atoms with Gasteiger partial charge in [0, 0.05) is 11.6 Å². The maximum absolute atomic E-state index is 6.39. The van der Waals surface area contributed by atoms with Crippen molar-refractivity contribution in [3.8, 4) is 11.5 Å². The zero-order chi connectivity index (χ0) is 15.5. The van der Waals surface area contributed by atoms with Crippen molar-refractivity contribution in [1.82, 2.24) is 5.32 Å². The summed E-state index contributed by atoms with van der Waals surface area (Å²) in [4.78, 5) is 0. The number of rotatable bonds is 4. The van der Waals surface area contributed by atoms with E-state index in [1.54, 1.807) is 7.11 Å². The van der Waals surface area contributed by atoms with E-state index in [4.69, 9.17) is 21.1 Å². The highest BCUT2D eigenvalue weighted by Gasteiger charge is 2.25. The highest BCUT2D eigenvalue weighted by atomic mass is 35.5. The summed E-state index contributed by atoms with van der Waals surface area (Å²) in [6.07, 6.45) is 0.971. The normalized spacial score (nSPS) is 17.0. The van der Waals surface area contributed by atoms with Crippen molar-refractivity contribution in [3.63, 3.8) is 0 Å². The predicted octanol–water partition coefficient (Wildman–Crippen LogP) is 3.98. The maximum atomic E-state index is 6.39. The van der Waals surface area contributed by atoms with Crippen LogP contribution in [-0.4, -0.2) is 20.3 Å². The average molecular weight is 318 g/mol. The highest BCUT2D eigenvalue weighted by molar-refractivity contribution is 6.31. The fourth-order valence-electron chi connectivity index (χ4n) is 2.98. The molecule has 1 atom stereocenters. The fraction of sp³-hybridized carbons (Fsp3) is 0.333. The predicted molar refractivity (Wildman–Crippen MR) is 89.2 cm³/mol. The first-order valence-electron chi connectivity index (χ1n) is 7.56. The number of halogens is 1. The first-order valence-corrected chi connectivity index (χ1v) is 7.93. The lowest BCUT2D eigenvalue weighted by Gasteiger charge is -2.29. The van der Waals surface area contributed by atoms with E-state index in [1.165, 1.54) is 11.1 Å². The summed E-state index contributed by atoms with van der Waals surface area (Å²) in [5.41, 5.74) is 3.59. The number of methoxy groups -OCH3 is 1. The molecule has 22 heavy (non-hydrogen) atoms. The standard InChI is InChI=1S/C18H20ClNO2/c1-3-22-17-11-14-12(10-16(17)21-2)8-9-20-18(14)13-6-4-5-7-15(13)19/h4-7,10-11,18,20H,3,8-9H2,1-2H3. The Hall–Kier alpha value is -1.71. The molecule has 0 bridgehead atoms. The summed E-state index contributed by atoms with van der Waals surface area (Å²) >= 11 is 6.39. The summed E-state index contributed by atoms with van der Waals surface area (Å²) < 4.78 is 11.2. The van der Waals surface area contributed by atoms with Gasteiger partial charge in [-0.15, -0.1) is 0 Å². The van der Waals surface area contributed by atoms with Gasteiger partial charge in [-0.1, -0.05) is 29.8 Å². The van der Waals surface area contributed by atoms with Crippen LogP contribution >= 0.6 is 11.6 Å². The number of fused-ring (bicyclic) bond motifs is 1. The summed E-state index contributed by atoms with van der Waals surface area (Å²) in [5, 5.41) is 4.34. The van der Waals surface area contributed by atoms with Crippen LogP contribution in [0, 0.1) is 0 Å². The van der Waals surface area contributed by atoms with E-state index in [9.17, 15) is 0 Å². The van der Waals surface area contributed by atoms with E-state index >= 15 is 0 Å². The van der Waals surface area contributed by atoms with Crippen molar-refractivity contribution in [1.29, 1.82) is 0 Å². The molecule has 0 aliphatic carbocycles. The minimum absolute atomic E-state index is 0.0857. The molecule has 0 saturated heterocycles. The van der Waals surface area contributed by atoms with E-state index in [-0.39, 0.29) is 6.04 Å². The van der Waals surface area contributed by atoms with Gasteiger partial charge in [-0.2, -0.15) is 0 Å². The molecule has 4 heteroatoms. The minimum atomic E-state index is 0.0857. The molecule has 0 saturated carbocycles.